The molecule has 1 aliphatic rings. The van der Waals surface area contributed by atoms with Crippen LogP contribution in [-0.2, 0) is 4.52 Å². The summed E-state index contributed by atoms with van der Waals surface area (Å²) in [5.41, 5.74) is 0. The first-order valence-electron chi connectivity index (χ1n) is 2.52. The molecule has 2 nitrogen and oxygen atoms in total. The fourth-order valence-electron chi connectivity index (χ4n) is 0.481. The molecule has 0 aromatic carbocycles. The monoisotopic (exact) mass is 152 g/mol. The predicted molar refractivity (Wildman–Crippen MR) is 36.7 cm³/mol. The van der Waals surface area contributed by atoms with E-state index in [-0.39, 0.29) is 6.10 Å². The maximum Gasteiger partial charge on any atom is 0.235 e. The van der Waals surface area contributed by atoms with Crippen molar-refractivity contribution in [3.63, 3.8) is 0 Å². The van der Waals surface area contributed by atoms with Crippen molar-refractivity contribution in [2.45, 2.75) is 25.2 Å². The fourth-order valence-corrected chi connectivity index (χ4v) is 3.52. The van der Waals surface area contributed by atoms with Crippen LogP contribution in [0.4, 0.5) is 0 Å². The summed E-state index contributed by atoms with van der Waals surface area (Å²) < 4.78 is 5.06. The molecule has 3 unspecified atom stereocenters. The van der Waals surface area contributed by atoms with Crippen LogP contribution in [0.5, 0.6) is 0 Å². The Kier molecular flexibility index (Phi) is 2.15. The Morgan fingerprint density at radius 2 is 2.25 bits per heavy atom. The van der Waals surface area contributed by atoms with E-state index in [0.29, 0.717) is 5.25 Å². The smallest absolute Gasteiger partial charge is 0.235 e. The first-order chi connectivity index (χ1) is 3.70. The van der Waals surface area contributed by atoms with Crippen molar-refractivity contribution in [3.8, 4) is 0 Å². The molecule has 0 aromatic heterocycles. The molecule has 8 heavy (non-hydrogen) atoms. The molecular formula is C4H9O2PS. The Morgan fingerprint density at radius 3 is 2.38 bits per heavy atom. The van der Waals surface area contributed by atoms with Crippen LogP contribution < -0.4 is 0 Å². The average Bonchev–Trinajstić information content (AvgIpc) is 1.85. The van der Waals surface area contributed by atoms with Crippen LogP contribution >= 0.6 is 19.0 Å². The maximum atomic E-state index is 8.88. The van der Waals surface area contributed by atoms with E-state index in [4.69, 9.17) is 9.42 Å². The summed E-state index contributed by atoms with van der Waals surface area (Å²) >= 11 is 1.53. The summed E-state index contributed by atoms with van der Waals surface area (Å²) in [6.07, 6.45) is 0.233. The van der Waals surface area contributed by atoms with E-state index < -0.39 is 7.58 Å². The van der Waals surface area contributed by atoms with E-state index in [9.17, 15) is 0 Å². The van der Waals surface area contributed by atoms with Gasteiger partial charge in [-0.05, 0) is 6.92 Å². The highest BCUT2D eigenvalue weighted by Gasteiger charge is 2.28. The Morgan fingerprint density at radius 1 is 1.62 bits per heavy atom. The van der Waals surface area contributed by atoms with Gasteiger partial charge in [0.1, 0.15) is 0 Å². The van der Waals surface area contributed by atoms with Crippen LogP contribution in [0.2, 0.25) is 0 Å². The zero-order valence-corrected chi connectivity index (χ0v) is 6.58. The van der Waals surface area contributed by atoms with Crippen molar-refractivity contribution in [1.29, 1.82) is 0 Å². The third kappa shape index (κ3) is 1.35. The van der Waals surface area contributed by atoms with Crippen LogP contribution in [0.3, 0.4) is 0 Å². The molecule has 1 N–H and O–H groups in total. The lowest BCUT2D eigenvalue weighted by Crippen LogP contribution is -2.09. The van der Waals surface area contributed by atoms with E-state index in [2.05, 4.69) is 6.92 Å². The van der Waals surface area contributed by atoms with Gasteiger partial charge in [-0.1, -0.05) is 18.3 Å². The van der Waals surface area contributed by atoms with Gasteiger partial charge in [-0.15, -0.1) is 0 Å². The summed E-state index contributed by atoms with van der Waals surface area (Å²) in [7, 11) is -1.13. The summed E-state index contributed by atoms with van der Waals surface area (Å²) in [5.74, 6) is 0. The van der Waals surface area contributed by atoms with Crippen molar-refractivity contribution in [3.05, 3.63) is 0 Å². The minimum Gasteiger partial charge on any atom is -0.342 e. The van der Waals surface area contributed by atoms with Crippen molar-refractivity contribution in [2.24, 2.45) is 0 Å². The number of hydrogen-bond donors (Lipinski definition) is 1. The normalized spacial score (nSPS) is 47.6. The molecule has 0 bridgehead atoms. The van der Waals surface area contributed by atoms with Gasteiger partial charge in [0.25, 0.3) is 0 Å². The molecule has 1 aliphatic heterocycles. The van der Waals surface area contributed by atoms with Crippen LogP contribution in [0.25, 0.3) is 0 Å². The summed E-state index contributed by atoms with van der Waals surface area (Å²) in [6, 6.07) is 0. The average molecular weight is 152 g/mol. The van der Waals surface area contributed by atoms with Gasteiger partial charge < -0.3 is 9.42 Å². The maximum absolute atomic E-state index is 8.88. The first kappa shape index (κ1) is 6.81. The predicted octanol–water partition coefficient (Wildman–Crippen LogP) is 1.75. The molecule has 0 radical (unpaired) electrons. The third-order valence-corrected chi connectivity index (χ3v) is 4.38. The molecule has 3 atom stereocenters. The molecule has 4 heteroatoms. The quantitative estimate of drug-likeness (QED) is 0.536. The van der Waals surface area contributed by atoms with Crippen LogP contribution in [0.1, 0.15) is 13.8 Å². The second-order valence-corrected chi connectivity index (χ2v) is 5.07. The molecule has 1 saturated heterocycles. The highest BCUT2D eigenvalue weighted by Crippen LogP contribution is 2.57. The minimum atomic E-state index is -1.13. The van der Waals surface area contributed by atoms with Crippen molar-refractivity contribution < 1.29 is 9.42 Å². The van der Waals surface area contributed by atoms with E-state index in [1.54, 1.807) is 0 Å². The van der Waals surface area contributed by atoms with Gasteiger partial charge in [0.15, 0.2) is 0 Å². The van der Waals surface area contributed by atoms with Crippen LogP contribution in [0.15, 0.2) is 0 Å². The second-order valence-electron chi connectivity index (χ2n) is 1.86. The number of rotatable bonds is 0. The van der Waals surface area contributed by atoms with E-state index in [0.717, 1.165) is 0 Å². The molecule has 1 heterocycles. The zero-order chi connectivity index (χ0) is 6.15. The number of hydrogen-bond acceptors (Lipinski definition) is 3. The summed E-state index contributed by atoms with van der Waals surface area (Å²) in [5, 5.41) is 0.464. The Bertz CT molecular complexity index is 80.1. The van der Waals surface area contributed by atoms with Gasteiger partial charge in [0, 0.05) is 5.25 Å². The Labute approximate surface area is 54.3 Å². The molecule has 0 amide bonds. The topological polar surface area (TPSA) is 29.5 Å². The second kappa shape index (κ2) is 2.53. The van der Waals surface area contributed by atoms with Crippen molar-refractivity contribution in [2.75, 3.05) is 0 Å². The van der Waals surface area contributed by atoms with Gasteiger partial charge in [0.05, 0.1) is 6.10 Å². The van der Waals surface area contributed by atoms with Crippen LogP contribution in [0, 0.1) is 0 Å². The molecule has 48 valence electrons. The lowest BCUT2D eigenvalue weighted by atomic mass is 10.3. The first-order valence-corrected chi connectivity index (χ1v) is 5.22. The van der Waals surface area contributed by atoms with E-state index in [1.165, 1.54) is 11.4 Å². The van der Waals surface area contributed by atoms with E-state index >= 15 is 0 Å². The third-order valence-electron chi connectivity index (χ3n) is 1.17. The summed E-state index contributed by atoms with van der Waals surface area (Å²) in [6.45, 7) is 4.05. The van der Waals surface area contributed by atoms with Gasteiger partial charge in [-0.2, -0.15) is 0 Å². The standard InChI is InChI=1S/C4H9O2PS/c1-3-4(2)8-7(5)6-3/h3-5H,1-2H3. The SMILES string of the molecule is CC1OP(O)SC1C. The highest BCUT2D eigenvalue weighted by atomic mass is 32.7. The van der Waals surface area contributed by atoms with Crippen molar-refractivity contribution >= 4 is 19.0 Å². The Hall–Kier alpha value is 0.700. The highest BCUT2D eigenvalue weighted by molar-refractivity contribution is 8.53. The molecular weight excluding hydrogens is 143 g/mol. The van der Waals surface area contributed by atoms with Gasteiger partial charge in [-0.25, -0.2) is 0 Å². The molecule has 0 aromatic rings. The molecule has 0 spiro atoms. The lowest BCUT2D eigenvalue weighted by Gasteiger charge is -2.02. The lowest BCUT2D eigenvalue weighted by molar-refractivity contribution is 0.242. The summed E-state index contributed by atoms with van der Waals surface area (Å²) in [4.78, 5) is 8.88. The molecule has 0 saturated carbocycles. The van der Waals surface area contributed by atoms with Gasteiger partial charge in [0.2, 0.25) is 7.58 Å². The Balaban J connectivity index is 2.39. The van der Waals surface area contributed by atoms with Gasteiger partial charge >= 0.3 is 0 Å². The van der Waals surface area contributed by atoms with Gasteiger partial charge in [-0.3, -0.25) is 0 Å². The molecule has 0 aliphatic carbocycles. The molecule has 1 fully saturated rings. The van der Waals surface area contributed by atoms with Crippen molar-refractivity contribution in [1.82, 2.24) is 0 Å². The fraction of sp³-hybridized carbons (Fsp3) is 1.00. The van der Waals surface area contributed by atoms with E-state index in [1.807, 2.05) is 6.92 Å². The molecule has 1 rings (SSSR count). The zero-order valence-electron chi connectivity index (χ0n) is 4.87. The van der Waals surface area contributed by atoms with Crippen LogP contribution in [-0.4, -0.2) is 16.2 Å². The largest absolute Gasteiger partial charge is 0.342 e. The minimum absolute atomic E-state index is 0.233.